The van der Waals surface area contributed by atoms with Gasteiger partial charge in [0.25, 0.3) is 0 Å². The molecular formula is C18H30N2. The van der Waals surface area contributed by atoms with Gasteiger partial charge >= 0.3 is 0 Å². The van der Waals surface area contributed by atoms with Crippen LogP contribution < -0.4 is 5.32 Å². The maximum atomic E-state index is 3.77. The Morgan fingerprint density at radius 2 is 2.00 bits per heavy atom. The normalized spacial score (nSPS) is 27.6. The third kappa shape index (κ3) is 4.07. The molecule has 1 aliphatic rings. The van der Waals surface area contributed by atoms with Crippen molar-refractivity contribution in [2.75, 3.05) is 19.6 Å². The van der Waals surface area contributed by atoms with Crippen LogP contribution in [0.5, 0.6) is 0 Å². The standard InChI is InChI=1S/C18H30N2/c1-4-9-17-14-19-18(3,5-2)15-20(17)13-12-16-10-7-6-8-11-16/h6-8,10-11,17,19H,4-5,9,12-15H2,1-3H3. The summed E-state index contributed by atoms with van der Waals surface area (Å²) in [5.74, 6) is 0. The van der Waals surface area contributed by atoms with Gasteiger partial charge in [-0.15, -0.1) is 0 Å². The first kappa shape index (κ1) is 15.5. The van der Waals surface area contributed by atoms with Crippen molar-refractivity contribution in [1.82, 2.24) is 10.2 Å². The molecule has 1 aromatic carbocycles. The van der Waals surface area contributed by atoms with Gasteiger partial charge in [-0.2, -0.15) is 0 Å². The molecule has 0 saturated carbocycles. The highest BCUT2D eigenvalue weighted by molar-refractivity contribution is 5.15. The van der Waals surface area contributed by atoms with Crippen LogP contribution in [0.2, 0.25) is 0 Å². The molecule has 2 atom stereocenters. The quantitative estimate of drug-likeness (QED) is 0.854. The molecule has 20 heavy (non-hydrogen) atoms. The van der Waals surface area contributed by atoms with Crippen molar-refractivity contribution >= 4 is 0 Å². The van der Waals surface area contributed by atoms with Gasteiger partial charge in [0.15, 0.2) is 0 Å². The molecule has 0 aliphatic carbocycles. The van der Waals surface area contributed by atoms with Crippen molar-refractivity contribution in [1.29, 1.82) is 0 Å². The fourth-order valence-corrected chi connectivity index (χ4v) is 3.16. The van der Waals surface area contributed by atoms with E-state index in [2.05, 4.69) is 61.3 Å². The molecule has 0 aromatic heterocycles. The van der Waals surface area contributed by atoms with Crippen LogP contribution in [-0.2, 0) is 6.42 Å². The minimum Gasteiger partial charge on any atom is -0.309 e. The van der Waals surface area contributed by atoms with Gasteiger partial charge < -0.3 is 5.32 Å². The third-order valence-corrected chi connectivity index (χ3v) is 4.77. The van der Waals surface area contributed by atoms with E-state index < -0.39 is 0 Å². The molecule has 2 heteroatoms. The molecule has 1 heterocycles. The second-order valence-corrected chi connectivity index (χ2v) is 6.44. The van der Waals surface area contributed by atoms with Gasteiger partial charge in [-0.1, -0.05) is 50.6 Å². The number of rotatable bonds is 6. The topological polar surface area (TPSA) is 15.3 Å². The molecule has 0 spiro atoms. The SMILES string of the molecule is CCCC1CNC(C)(CC)CN1CCc1ccccc1. The Morgan fingerprint density at radius 3 is 2.65 bits per heavy atom. The van der Waals surface area contributed by atoms with Crippen molar-refractivity contribution < 1.29 is 0 Å². The summed E-state index contributed by atoms with van der Waals surface area (Å²) in [6.07, 6.45) is 4.95. The molecule has 2 nitrogen and oxygen atoms in total. The van der Waals surface area contributed by atoms with Crippen LogP contribution in [0.3, 0.4) is 0 Å². The monoisotopic (exact) mass is 274 g/mol. The highest BCUT2D eigenvalue weighted by Crippen LogP contribution is 2.21. The number of benzene rings is 1. The van der Waals surface area contributed by atoms with Gasteiger partial charge in [0, 0.05) is 31.2 Å². The number of hydrogen-bond donors (Lipinski definition) is 1. The Morgan fingerprint density at radius 1 is 1.25 bits per heavy atom. The second-order valence-electron chi connectivity index (χ2n) is 6.44. The number of piperazine rings is 1. The van der Waals surface area contributed by atoms with E-state index >= 15 is 0 Å². The van der Waals surface area contributed by atoms with Gasteiger partial charge in [-0.05, 0) is 31.7 Å². The smallest absolute Gasteiger partial charge is 0.0278 e. The van der Waals surface area contributed by atoms with Crippen molar-refractivity contribution in [3.8, 4) is 0 Å². The molecule has 1 N–H and O–H groups in total. The minimum absolute atomic E-state index is 0.293. The van der Waals surface area contributed by atoms with Crippen LogP contribution in [0.25, 0.3) is 0 Å². The highest BCUT2D eigenvalue weighted by Gasteiger charge is 2.33. The molecule has 0 radical (unpaired) electrons. The summed E-state index contributed by atoms with van der Waals surface area (Å²) in [5, 5.41) is 3.77. The summed E-state index contributed by atoms with van der Waals surface area (Å²) < 4.78 is 0. The van der Waals surface area contributed by atoms with E-state index in [1.165, 1.54) is 44.3 Å². The molecule has 1 fully saturated rings. The predicted octanol–water partition coefficient (Wildman–Crippen LogP) is 3.47. The summed E-state index contributed by atoms with van der Waals surface area (Å²) in [4.78, 5) is 2.72. The molecular weight excluding hydrogens is 244 g/mol. The lowest BCUT2D eigenvalue weighted by atomic mass is 9.92. The summed E-state index contributed by atoms with van der Waals surface area (Å²) in [6.45, 7) is 10.5. The van der Waals surface area contributed by atoms with E-state index in [1.54, 1.807) is 0 Å². The average molecular weight is 274 g/mol. The molecule has 1 aliphatic heterocycles. The molecule has 2 rings (SSSR count). The molecule has 112 valence electrons. The lowest BCUT2D eigenvalue weighted by molar-refractivity contribution is 0.0802. The Hall–Kier alpha value is -0.860. The molecule has 1 aromatic rings. The lowest BCUT2D eigenvalue weighted by Crippen LogP contribution is -2.62. The highest BCUT2D eigenvalue weighted by atomic mass is 15.2. The average Bonchev–Trinajstić information content (AvgIpc) is 2.49. The van der Waals surface area contributed by atoms with Crippen LogP contribution in [0.4, 0.5) is 0 Å². The van der Waals surface area contributed by atoms with Crippen LogP contribution in [-0.4, -0.2) is 36.1 Å². The van der Waals surface area contributed by atoms with Crippen LogP contribution in [0.15, 0.2) is 30.3 Å². The van der Waals surface area contributed by atoms with E-state index in [1.807, 2.05) is 0 Å². The minimum atomic E-state index is 0.293. The Balaban J connectivity index is 1.96. The Bertz CT molecular complexity index is 390. The van der Waals surface area contributed by atoms with Crippen molar-refractivity contribution in [3.63, 3.8) is 0 Å². The predicted molar refractivity (Wildman–Crippen MR) is 87.1 cm³/mol. The van der Waals surface area contributed by atoms with E-state index in [4.69, 9.17) is 0 Å². The molecule has 1 saturated heterocycles. The van der Waals surface area contributed by atoms with Crippen LogP contribution in [0.1, 0.15) is 45.6 Å². The first-order valence-corrected chi connectivity index (χ1v) is 8.20. The fourth-order valence-electron chi connectivity index (χ4n) is 3.16. The Kier molecular flexibility index (Phi) is 5.62. The largest absolute Gasteiger partial charge is 0.309 e. The van der Waals surface area contributed by atoms with Gasteiger partial charge in [0.05, 0.1) is 0 Å². The van der Waals surface area contributed by atoms with Gasteiger partial charge in [-0.25, -0.2) is 0 Å². The molecule has 0 bridgehead atoms. The summed E-state index contributed by atoms with van der Waals surface area (Å²) in [5.41, 5.74) is 1.75. The van der Waals surface area contributed by atoms with Gasteiger partial charge in [0.1, 0.15) is 0 Å². The van der Waals surface area contributed by atoms with E-state index in [0.29, 0.717) is 11.6 Å². The van der Waals surface area contributed by atoms with Crippen LogP contribution in [0, 0.1) is 0 Å². The van der Waals surface area contributed by atoms with E-state index in [0.717, 1.165) is 6.54 Å². The van der Waals surface area contributed by atoms with Gasteiger partial charge in [-0.3, -0.25) is 4.90 Å². The Labute approximate surface area is 124 Å². The molecule has 0 amide bonds. The van der Waals surface area contributed by atoms with Crippen molar-refractivity contribution in [2.45, 2.75) is 58.0 Å². The zero-order chi connectivity index (χ0) is 14.4. The van der Waals surface area contributed by atoms with E-state index in [9.17, 15) is 0 Å². The summed E-state index contributed by atoms with van der Waals surface area (Å²) in [7, 11) is 0. The fraction of sp³-hybridized carbons (Fsp3) is 0.667. The first-order valence-electron chi connectivity index (χ1n) is 8.20. The van der Waals surface area contributed by atoms with Crippen molar-refractivity contribution in [3.05, 3.63) is 35.9 Å². The number of nitrogens with one attached hydrogen (secondary N) is 1. The maximum Gasteiger partial charge on any atom is 0.0278 e. The van der Waals surface area contributed by atoms with Crippen molar-refractivity contribution in [2.24, 2.45) is 0 Å². The molecule has 2 unspecified atom stereocenters. The zero-order valence-electron chi connectivity index (χ0n) is 13.4. The zero-order valence-corrected chi connectivity index (χ0v) is 13.4. The number of nitrogens with zero attached hydrogens (tertiary/aromatic N) is 1. The summed E-state index contributed by atoms with van der Waals surface area (Å²) in [6, 6.07) is 11.6. The lowest BCUT2D eigenvalue weighted by Gasteiger charge is -2.46. The third-order valence-electron chi connectivity index (χ3n) is 4.77. The van der Waals surface area contributed by atoms with Gasteiger partial charge in [0.2, 0.25) is 0 Å². The first-order chi connectivity index (χ1) is 9.67. The van der Waals surface area contributed by atoms with E-state index in [-0.39, 0.29) is 0 Å². The maximum absolute atomic E-state index is 3.77. The van der Waals surface area contributed by atoms with Crippen LogP contribution >= 0.6 is 0 Å². The number of hydrogen-bond acceptors (Lipinski definition) is 2. The second kappa shape index (κ2) is 7.24. The summed E-state index contributed by atoms with van der Waals surface area (Å²) >= 11 is 0.